The van der Waals surface area contributed by atoms with Crippen LogP contribution in [0.1, 0.15) is 18.1 Å². The molecule has 1 aromatic rings. The highest BCUT2D eigenvalue weighted by Gasteiger charge is 2.31. The largest absolute Gasteiger partial charge is 0.496 e. The van der Waals surface area contributed by atoms with E-state index in [1.807, 2.05) is 0 Å². The van der Waals surface area contributed by atoms with Crippen molar-refractivity contribution < 1.29 is 17.9 Å². The molecule has 0 aromatic heterocycles. The van der Waals surface area contributed by atoms with Crippen molar-refractivity contribution in [1.82, 2.24) is 0 Å². The number of nitrogens with two attached hydrogens (primary N) is 2. The number of allylic oxidation sites excluding steroid dienone is 2. The first-order valence-corrected chi connectivity index (χ1v) is 5.89. The molecule has 0 atom stereocenters. The summed E-state index contributed by atoms with van der Waals surface area (Å²) in [6.45, 7) is 1.64. The number of ether oxygens (including phenoxy) is 1. The molecule has 0 heterocycles. The fourth-order valence-corrected chi connectivity index (χ4v) is 1.75. The molecule has 0 radical (unpaired) electrons. The molecule has 0 aliphatic heterocycles. The van der Waals surface area contributed by atoms with E-state index < -0.39 is 11.7 Å². The number of hydrogen-bond donors (Lipinski definition) is 2. The predicted octanol–water partition coefficient (Wildman–Crippen LogP) is 3.44. The van der Waals surface area contributed by atoms with Crippen LogP contribution in [0.4, 0.5) is 13.2 Å². The molecule has 3 nitrogen and oxygen atoms in total. The Morgan fingerprint density at radius 2 is 1.90 bits per heavy atom. The Labute approximate surface area is 119 Å². The van der Waals surface area contributed by atoms with Gasteiger partial charge < -0.3 is 16.2 Å². The highest BCUT2D eigenvalue weighted by atomic mass is 35.5. The molecular weight excluding hydrogens is 293 g/mol. The predicted molar refractivity (Wildman–Crippen MR) is 72.9 cm³/mol. The number of hydrogen-bond acceptors (Lipinski definition) is 3. The maximum atomic E-state index is 12.6. The molecular formula is C13H14ClF3N2O. The van der Waals surface area contributed by atoms with Crippen LogP contribution in [-0.4, -0.2) is 7.11 Å². The van der Waals surface area contributed by atoms with Crippen LogP contribution in [0.2, 0.25) is 0 Å². The minimum Gasteiger partial charge on any atom is -0.496 e. The van der Waals surface area contributed by atoms with E-state index >= 15 is 0 Å². The molecule has 0 spiro atoms. The van der Waals surface area contributed by atoms with Gasteiger partial charge in [-0.15, -0.1) is 0 Å². The zero-order valence-electron chi connectivity index (χ0n) is 10.9. The molecule has 0 saturated carbocycles. The van der Waals surface area contributed by atoms with Crippen LogP contribution in [0, 0.1) is 0 Å². The van der Waals surface area contributed by atoms with Crippen molar-refractivity contribution in [3.63, 3.8) is 0 Å². The smallest absolute Gasteiger partial charge is 0.416 e. The minimum atomic E-state index is -4.44. The van der Waals surface area contributed by atoms with Gasteiger partial charge in [-0.05, 0) is 36.8 Å². The maximum absolute atomic E-state index is 12.6. The lowest BCUT2D eigenvalue weighted by atomic mass is 10.0. The zero-order chi connectivity index (χ0) is 15.5. The van der Waals surface area contributed by atoms with Gasteiger partial charge in [0.2, 0.25) is 0 Å². The first-order valence-electron chi connectivity index (χ1n) is 5.51. The summed E-state index contributed by atoms with van der Waals surface area (Å²) in [6.07, 6.45) is -3.03. The zero-order valence-corrected chi connectivity index (χ0v) is 11.6. The van der Waals surface area contributed by atoms with Crippen LogP contribution >= 0.6 is 11.6 Å². The van der Waals surface area contributed by atoms with E-state index in [1.165, 1.54) is 19.3 Å². The van der Waals surface area contributed by atoms with Crippen molar-refractivity contribution in [3.8, 4) is 5.75 Å². The van der Waals surface area contributed by atoms with Gasteiger partial charge in [-0.3, -0.25) is 0 Å². The van der Waals surface area contributed by atoms with E-state index in [0.717, 1.165) is 12.1 Å². The Morgan fingerprint density at radius 1 is 1.30 bits per heavy atom. The molecule has 7 heteroatoms. The molecule has 0 aliphatic carbocycles. The first-order chi connectivity index (χ1) is 9.16. The van der Waals surface area contributed by atoms with Crippen molar-refractivity contribution in [2.24, 2.45) is 11.5 Å². The Bertz CT molecular complexity index is 561. The molecule has 1 rings (SSSR count). The average Bonchev–Trinajstić information content (AvgIpc) is 2.35. The molecule has 20 heavy (non-hydrogen) atoms. The Hall–Kier alpha value is -1.82. The summed E-state index contributed by atoms with van der Waals surface area (Å²) in [5.74, 6) is 0.0261. The Balaban J connectivity index is 3.37. The summed E-state index contributed by atoms with van der Waals surface area (Å²) in [4.78, 5) is 0. The van der Waals surface area contributed by atoms with Crippen LogP contribution in [0.3, 0.4) is 0 Å². The third-order valence-electron chi connectivity index (χ3n) is 2.60. The monoisotopic (exact) mass is 306 g/mol. The normalized spacial score (nSPS) is 14.0. The van der Waals surface area contributed by atoms with Gasteiger partial charge in [0.25, 0.3) is 0 Å². The first kappa shape index (κ1) is 16.2. The molecule has 1 aromatic carbocycles. The summed E-state index contributed by atoms with van der Waals surface area (Å²) in [7, 11) is 1.27. The van der Waals surface area contributed by atoms with Crippen molar-refractivity contribution in [1.29, 1.82) is 0 Å². The van der Waals surface area contributed by atoms with E-state index in [0.29, 0.717) is 11.1 Å². The summed E-state index contributed by atoms with van der Waals surface area (Å²) in [5.41, 5.74) is 11.5. The third-order valence-corrected chi connectivity index (χ3v) is 2.71. The lowest BCUT2D eigenvalue weighted by Gasteiger charge is -2.14. The van der Waals surface area contributed by atoms with Gasteiger partial charge in [0.05, 0.1) is 17.8 Å². The summed E-state index contributed by atoms with van der Waals surface area (Å²) < 4.78 is 42.8. The van der Waals surface area contributed by atoms with Crippen LogP contribution in [0.25, 0.3) is 5.70 Å². The highest BCUT2D eigenvalue weighted by molar-refractivity contribution is 6.29. The van der Waals surface area contributed by atoms with E-state index in [9.17, 15) is 13.2 Å². The molecule has 0 amide bonds. The summed E-state index contributed by atoms with van der Waals surface area (Å²) in [5, 5.41) is 0.0244. The molecule has 0 saturated heterocycles. The topological polar surface area (TPSA) is 61.3 Å². The molecule has 110 valence electrons. The van der Waals surface area contributed by atoms with Gasteiger partial charge in [-0.2, -0.15) is 13.2 Å². The summed E-state index contributed by atoms with van der Waals surface area (Å²) in [6, 6.07) is 3.08. The van der Waals surface area contributed by atoms with Crippen LogP contribution in [-0.2, 0) is 6.18 Å². The number of halogens is 4. The standard InChI is InChI=1S/C13H14ClF3N2O/c1-7(5-11(14)18)12(19)9-4-3-8(13(15,16)17)6-10(9)20-2/h3-6H,18-19H2,1-2H3/b11-5-,12-7-. The minimum absolute atomic E-state index is 0.0244. The van der Waals surface area contributed by atoms with Crippen molar-refractivity contribution in [3.05, 3.63) is 46.1 Å². The molecule has 0 fully saturated rings. The van der Waals surface area contributed by atoms with Gasteiger partial charge in [0.1, 0.15) is 5.75 Å². The summed E-state index contributed by atoms with van der Waals surface area (Å²) >= 11 is 5.53. The number of alkyl halides is 3. The van der Waals surface area contributed by atoms with Gasteiger partial charge in [0.15, 0.2) is 0 Å². The highest BCUT2D eigenvalue weighted by Crippen LogP contribution is 2.35. The fraction of sp³-hybridized carbons (Fsp3) is 0.231. The number of methoxy groups -OCH3 is 1. The Morgan fingerprint density at radius 3 is 2.35 bits per heavy atom. The van der Waals surface area contributed by atoms with Gasteiger partial charge in [0, 0.05) is 11.3 Å². The number of benzene rings is 1. The van der Waals surface area contributed by atoms with E-state index in [1.54, 1.807) is 6.92 Å². The van der Waals surface area contributed by atoms with Crippen LogP contribution in [0.15, 0.2) is 35.0 Å². The van der Waals surface area contributed by atoms with E-state index in [-0.39, 0.29) is 16.6 Å². The molecule has 4 N–H and O–H groups in total. The molecule has 0 unspecified atom stereocenters. The molecule has 0 aliphatic rings. The SMILES string of the molecule is COc1cc(C(F)(F)F)ccc1/C(N)=C(C)/C=C(\N)Cl. The second-order valence-electron chi connectivity index (χ2n) is 4.04. The lowest BCUT2D eigenvalue weighted by molar-refractivity contribution is -0.137. The van der Waals surface area contributed by atoms with Gasteiger partial charge in [-0.25, -0.2) is 0 Å². The number of rotatable bonds is 3. The van der Waals surface area contributed by atoms with E-state index in [4.69, 9.17) is 27.8 Å². The maximum Gasteiger partial charge on any atom is 0.416 e. The molecule has 0 bridgehead atoms. The van der Waals surface area contributed by atoms with E-state index in [2.05, 4.69) is 0 Å². The average molecular weight is 307 g/mol. The van der Waals surface area contributed by atoms with Gasteiger partial charge >= 0.3 is 6.18 Å². The fourth-order valence-electron chi connectivity index (χ4n) is 1.59. The van der Waals surface area contributed by atoms with Crippen molar-refractivity contribution in [2.45, 2.75) is 13.1 Å². The second-order valence-corrected chi connectivity index (χ2v) is 4.48. The quantitative estimate of drug-likeness (QED) is 0.664. The third kappa shape index (κ3) is 3.84. The van der Waals surface area contributed by atoms with Crippen LogP contribution in [0.5, 0.6) is 5.75 Å². The Kier molecular flexibility index (Phi) is 4.94. The van der Waals surface area contributed by atoms with Gasteiger partial charge in [-0.1, -0.05) is 11.6 Å². The van der Waals surface area contributed by atoms with Crippen LogP contribution < -0.4 is 16.2 Å². The second kappa shape index (κ2) is 6.09. The van der Waals surface area contributed by atoms with Crippen molar-refractivity contribution in [2.75, 3.05) is 7.11 Å². The lowest BCUT2D eigenvalue weighted by Crippen LogP contribution is -2.08. The van der Waals surface area contributed by atoms with Crippen molar-refractivity contribution >= 4 is 17.3 Å².